The van der Waals surface area contributed by atoms with E-state index >= 15 is 0 Å². The first-order valence-electron chi connectivity index (χ1n) is 5.86. The highest BCUT2D eigenvalue weighted by atomic mass is 79.9. The number of hydrogen-bond acceptors (Lipinski definition) is 2. The number of nitrogens with zero attached hydrogens (tertiary/aromatic N) is 1. The molecular formula is C12H15BrCl2F4N2. The van der Waals surface area contributed by atoms with Crippen molar-refractivity contribution in [3.63, 3.8) is 0 Å². The van der Waals surface area contributed by atoms with E-state index in [9.17, 15) is 17.6 Å². The summed E-state index contributed by atoms with van der Waals surface area (Å²) >= 11 is 3.05. The molecular weight excluding hydrogens is 399 g/mol. The van der Waals surface area contributed by atoms with Gasteiger partial charge in [0.05, 0.1) is 0 Å². The molecule has 0 spiro atoms. The van der Waals surface area contributed by atoms with Gasteiger partial charge in [-0.05, 0) is 12.1 Å². The van der Waals surface area contributed by atoms with Crippen molar-refractivity contribution >= 4 is 40.7 Å². The number of nitrogens with one attached hydrogen (secondary N) is 1. The molecule has 21 heavy (non-hydrogen) atoms. The van der Waals surface area contributed by atoms with Crippen molar-refractivity contribution in [2.45, 2.75) is 12.2 Å². The molecule has 1 aromatic carbocycles. The van der Waals surface area contributed by atoms with Crippen molar-refractivity contribution < 1.29 is 17.6 Å². The minimum absolute atomic E-state index is 0. The zero-order chi connectivity index (χ0) is 14.0. The van der Waals surface area contributed by atoms with Gasteiger partial charge in [-0.15, -0.1) is 24.8 Å². The second-order valence-electron chi connectivity index (χ2n) is 4.40. The lowest BCUT2D eigenvalue weighted by atomic mass is 10.0. The van der Waals surface area contributed by atoms with Gasteiger partial charge in [0.15, 0.2) is 0 Å². The highest BCUT2D eigenvalue weighted by Gasteiger charge is 2.46. The maximum Gasteiger partial charge on any atom is 0.408 e. The Morgan fingerprint density at radius 2 is 1.71 bits per heavy atom. The summed E-state index contributed by atoms with van der Waals surface area (Å²) in [5.41, 5.74) is -0.322. The van der Waals surface area contributed by atoms with Gasteiger partial charge >= 0.3 is 6.18 Å². The average molecular weight is 414 g/mol. The molecule has 0 radical (unpaired) electrons. The number of rotatable bonds is 2. The van der Waals surface area contributed by atoms with E-state index in [0.717, 1.165) is 6.07 Å². The van der Waals surface area contributed by atoms with Gasteiger partial charge in [-0.2, -0.15) is 13.2 Å². The monoisotopic (exact) mass is 412 g/mol. The van der Waals surface area contributed by atoms with Crippen LogP contribution in [0.15, 0.2) is 22.7 Å². The third-order valence-corrected chi connectivity index (χ3v) is 3.58. The Morgan fingerprint density at radius 1 is 1.14 bits per heavy atom. The van der Waals surface area contributed by atoms with Gasteiger partial charge in [0, 0.05) is 36.2 Å². The van der Waals surface area contributed by atoms with Crippen LogP contribution in [0.25, 0.3) is 0 Å². The molecule has 2 rings (SSSR count). The average Bonchev–Trinajstić information content (AvgIpc) is 2.32. The van der Waals surface area contributed by atoms with Crippen molar-refractivity contribution in [1.82, 2.24) is 10.2 Å². The minimum Gasteiger partial charge on any atom is -0.314 e. The molecule has 1 atom stereocenters. The van der Waals surface area contributed by atoms with Crippen LogP contribution in [-0.2, 0) is 0 Å². The fourth-order valence-corrected chi connectivity index (χ4v) is 2.58. The van der Waals surface area contributed by atoms with Crippen LogP contribution in [-0.4, -0.2) is 37.3 Å². The van der Waals surface area contributed by atoms with E-state index in [1.807, 2.05) is 0 Å². The molecule has 1 N–H and O–H groups in total. The Morgan fingerprint density at radius 3 is 2.19 bits per heavy atom. The molecule has 1 aliphatic heterocycles. The van der Waals surface area contributed by atoms with Gasteiger partial charge in [0.2, 0.25) is 0 Å². The summed E-state index contributed by atoms with van der Waals surface area (Å²) in [4.78, 5) is 1.27. The maximum absolute atomic E-state index is 13.8. The third-order valence-electron chi connectivity index (χ3n) is 3.08. The molecule has 0 bridgehead atoms. The van der Waals surface area contributed by atoms with Gasteiger partial charge in [0.25, 0.3) is 0 Å². The lowest BCUT2D eigenvalue weighted by Gasteiger charge is -2.36. The number of halogens is 7. The second kappa shape index (κ2) is 8.53. The first-order chi connectivity index (χ1) is 8.89. The summed E-state index contributed by atoms with van der Waals surface area (Å²) < 4.78 is 53.9. The van der Waals surface area contributed by atoms with E-state index in [1.54, 1.807) is 0 Å². The Labute approximate surface area is 141 Å². The van der Waals surface area contributed by atoms with Crippen LogP contribution >= 0.6 is 40.7 Å². The van der Waals surface area contributed by atoms with Crippen molar-refractivity contribution in [1.29, 1.82) is 0 Å². The van der Waals surface area contributed by atoms with E-state index in [2.05, 4.69) is 21.2 Å². The maximum atomic E-state index is 13.8. The molecule has 0 aromatic heterocycles. The molecule has 0 amide bonds. The van der Waals surface area contributed by atoms with Gasteiger partial charge in [-0.3, -0.25) is 4.90 Å². The first-order valence-corrected chi connectivity index (χ1v) is 6.65. The summed E-state index contributed by atoms with van der Waals surface area (Å²) in [6.45, 7) is 1.45. The van der Waals surface area contributed by atoms with Crippen LogP contribution in [0, 0.1) is 5.82 Å². The molecule has 1 aliphatic rings. The molecule has 1 aromatic rings. The Balaban J connectivity index is 0.00000200. The van der Waals surface area contributed by atoms with Gasteiger partial charge in [0.1, 0.15) is 11.9 Å². The molecule has 0 unspecified atom stereocenters. The smallest absolute Gasteiger partial charge is 0.314 e. The Hall–Kier alpha value is -0.0800. The molecule has 1 fully saturated rings. The van der Waals surface area contributed by atoms with Crippen LogP contribution in [0.2, 0.25) is 0 Å². The largest absolute Gasteiger partial charge is 0.408 e. The van der Waals surface area contributed by atoms with E-state index < -0.39 is 18.0 Å². The van der Waals surface area contributed by atoms with Crippen molar-refractivity contribution in [3.05, 3.63) is 34.1 Å². The third kappa shape index (κ3) is 5.25. The summed E-state index contributed by atoms with van der Waals surface area (Å²) in [6.07, 6.45) is -4.49. The second-order valence-corrected chi connectivity index (χ2v) is 5.31. The predicted octanol–water partition coefficient (Wildman–Crippen LogP) is 3.94. The standard InChI is InChI=1S/C12H13BrF4N2.2ClH/c13-8-1-2-9(10(14)7-8)11(12(15,16)17)19-5-3-18-4-6-19;;/h1-2,7,11,18H,3-6H2;2*1H/t11-;;/m1../s1. The number of alkyl halides is 3. The van der Waals surface area contributed by atoms with Crippen molar-refractivity contribution in [2.24, 2.45) is 0 Å². The molecule has 0 saturated carbocycles. The molecule has 0 aliphatic carbocycles. The van der Waals surface area contributed by atoms with Gasteiger partial charge < -0.3 is 5.32 Å². The lowest BCUT2D eigenvalue weighted by molar-refractivity contribution is -0.188. The number of benzene rings is 1. The Kier molecular flexibility index (Phi) is 8.49. The van der Waals surface area contributed by atoms with E-state index in [-0.39, 0.29) is 43.5 Å². The van der Waals surface area contributed by atoms with Crippen LogP contribution in [0.1, 0.15) is 11.6 Å². The normalized spacial score (nSPS) is 17.6. The van der Waals surface area contributed by atoms with Gasteiger partial charge in [-0.25, -0.2) is 4.39 Å². The summed E-state index contributed by atoms with van der Waals surface area (Å²) in [6, 6.07) is 1.80. The first kappa shape index (κ1) is 20.9. The Bertz CT molecular complexity index is 453. The predicted molar refractivity (Wildman–Crippen MR) is 81.8 cm³/mol. The lowest BCUT2D eigenvalue weighted by Crippen LogP contribution is -2.49. The summed E-state index contributed by atoms with van der Waals surface area (Å²) in [5, 5.41) is 2.99. The topological polar surface area (TPSA) is 15.3 Å². The zero-order valence-corrected chi connectivity index (χ0v) is 14.0. The minimum atomic E-state index is -4.49. The highest BCUT2D eigenvalue weighted by Crippen LogP contribution is 2.39. The van der Waals surface area contributed by atoms with Gasteiger partial charge in [-0.1, -0.05) is 22.0 Å². The number of piperazine rings is 1. The molecule has 122 valence electrons. The summed E-state index contributed by atoms with van der Waals surface area (Å²) in [5.74, 6) is -0.838. The van der Waals surface area contributed by atoms with Crippen LogP contribution in [0.3, 0.4) is 0 Å². The SMILES string of the molecule is Cl.Cl.Fc1cc(Br)ccc1[C@@H](N1CCNCC1)C(F)(F)F. The van der Waals surface area contributed by atoms with Crippen molar-refractivity contribution in [3.8, 4) is 0 Å². The van der Waals surface area contributed by atoms with E-state index in [4.69, 9.17) is 0 Å². The fraction of sp³-hybridized carbons (Fsp3) is 0.500. The highest BCUT2D eigenvalue weighted by molar-refractivity contribution is 9.10. The molecule has 9 heteroatoms. The number of hydrogen-bond donors (Lipinski definition) is 1. The molecule has 1 saturated heterocycles. The fourth-order valence-electron chi connectivity index (χ4n) is 2.24. The van der Waals surface area contributed by atoms with Crippen molar-refractivity contribution in [2.75, 3.05) is 26.2 Å². The van der Waals surface area contributed by atoms with E-state index in [1.165, 1.54) is 17.0 Å². The van der Waals surface area contributed by atoms with Crippen LogP contribution in [0.5, 0.6) is 0 Å². The van der Waals surface area contributed by atoms with E-state index in [0.29, 0.717) is 17.6 Å². The molecule has 1 heterocycles. The van der Waals surface area contributed by atoms with Crippen LogP contribution in [0.4, 0.5) is 17.6 Å². The quantitative estimate of drug-likeness (QED) is 0.738. The summed E-state index contributed by atoms with van der Waals surface area (Å²) in [7, 11) is 0. The zero-order valence-electron chi connectivity index (χ0n) is 10.8. The van der Waals surface area contributed by atoms with Crippen LogP contribution < -0.4 is 5.32 Å². The molecule has 2 nitrogen and oxygen atoms in total.